The number of hydrogen-bond acceptors (Lipinski definition) is 4. The van der Waals surface area contributed by atoms with Crippen LogP contribution in [0.3, 0.4) is 0 Å². The highest BCUT2D eigenvalue weighted by atomic mass is 35.5. The maximum absolute atomic E-state index is 6.27. The Kier molecular flexibility index (Phi) is 4.40. The van der Waals surface area contributed by atoms with Crippen molar-refractivity contribution >= 4 is 22.6 Å². The van der Waals surface area contributed by atoms with Gasteiger partial charge in [-0.2, -0.15) is 5.10 Å². The minimum absolute atomic E-state index is 0.507. The van der Waals surface area contributed by atoms with Gasteiger partial charge in [-0.05, 0) is 25.8 Å². The minimum Gasteiger partial charge on any atom is -0.293 e. The van der Waals surface area contributed by atoms with Crippen molar-refractivity contribution in [1.82, 2.24) is 24.6 Å². The van der Waals surface area contributed by atoms with Gasteiger partial charge < -0.3 is 0 Å². The van der Waals surface area contributed by atoms with Crippen molar-refractivity contribution in [3.8, 4) is 0 Å². The zero-order chi connectivity index (χ0) is 14.8. The Hall–Kier alpha value is -1.20. The Labute approximate surface area is 130 Å². The first kappa shape index (κ1) is 14.7. The van der Waals surface area contributed by atoms with Gasteiger partial charge in [-0.15, -0.1) is 0 Å². The Morgan fingerprint density at radius 3 is 3.00 bits per heavy atom. The predicted molar refractivity (Wildman–Crippen MR) is 84.3 cm³/mol. The van der Waals surface area contributed by atoms with Gasteiger partial charge in [-0.3, -0.25) is 9.58 Å². The average molecular weight is 308 g/mol. The van der Waals surface area contributed by atoms with Gasteiger partial charge >= 0.3 is 0 Å². The molecule has 0 aliphatic carbocycles. The van der Waals surface area contributed by atoms with E-state index in [9.17, 15) is 0 Å². The molecule has 1 unspecified atom stereocenters. The predicted octanol–water partition coefficient (Wildman–Crippen LogP) is 3.17. The number of likely N-dealkylation sites (tertiary alicyclic amines) is 1. The topological polar surface area (TPSA) is 46.8 Å². The normalized spacial score (nSPS) is 20.2. The van der Waals surface area contributed by atoms with E-state index >= 15 is 0 Å². The van der Waals surface area contributed by atoms with Crippen LogP contribution in [0.4, 0.5) is 0 Å². The highest BCUT2D eigenvalue weighted by molar-refractivity contribution is 6.33. The van der Waals surface area contributed by atoms with E-state index in [2.05, 4.69) is 26.9 Å². The quantitative estimate of drug-likeness (QED) is 0.814. The third kappa shape index (κ3) is 3.04. The number of aryl methyl sites for hydroxylation is 1. The van der Waals surface area contributed by atoms with Crippen molar-refractivity contribution in [2.75, 3.05) is 6.54 Å². The van der Waals surface area contributed by atoms with Gasteiger partial charge in [-0.1, -0.05) is 31.4 Å². The van der Waals surface area contributed by atoms with Gasteiger partial charge in [0.15, 0.2) is 5.65 Å². The van der Waals surface area contributed by atoms with Crippen molar-refractivity contribution < 1.29 is 0 Å². The molecular formula is C15H22ClN5. The molecule has 1 fully saturated rings. The smallest absolute Gasteiger partial charge is 0.162 e. The van der Waals surface area contributed by atoms with E-state index in [1.165, 1.54) is 32.1 Å². The highest BCUT2D eigenvalue weighted by Crippen LogP contribution is 2.24. The molecule has 2 aromatic rings. The van der Waals surface area contributed by atoms with Crippen molar-refractivity contribution in [2.24, 2.45) is 7.05 Å². The summed E-state index contributed by atoms with van der Waals surface area (Å²) in [5.41, 5.74) is 0.814. The van der Waals surface area contributed by atoms with Crippen LogP contribution < -0.4 is 0 Å². The van der Waals surface area contributed by atoms with E-state index in [0.717, 1.165) is 29.9 Å². The summed E-state index contributed by atoms with van der Waals surface area (Å²) in [6.45, 7) is 4.17. The monoisotopic (exact) mass is 307 g/mol. The van der Waals surface area contributed by atoms with Crippen LogP contribution in [-0.4, -0.2) is 37.2 Å². The molecule has 1 aliphatic rings. The van der Waals surface area contributed by atoms with E-state index in [1.54, 1.807) is 10.9 Å². The number of aromatic nitrogens is 4. The molecule has 21 heavy (non-hydrogen) atoms. The summed E-state index contributed by atoms with van der Waals surface area (Å²) in [4.78, 5) is 11.6. The molecule has 2 aromatic heterocycles. The fourth-order valence-electron chi connectivity index (χ4n) is 3.21. The van der Waals surface area contributed by atoms with Crippen LogP contribution in [0.15, 0.2) is 6.20 Å². The van der Waals surface area contributed by atoms with Crippen molar-refractivity contribution in [2.45, 2.75) is 51.6 Å². The first-order valence-corrected chi connectivity index (χ1v) is 8.15. The summed E-state index contributed by atoms with van der Waals surface area (Å²) in [5.74, 6) is 0.805. The van der Waals surface area contributed by atoms with E-state index in [-0.39, 0.29) is 0 Å². The van der Waals surface area contributed by atoms with Crippen molar-refractivity contribution in [1.29, 1.82) is 0 Å². The van der Waals surface area contributed by atoms with Crippen LogP contribution in [0.25, 0.3) is 11.0 Å². The zero-order valence-electron chi connectivity index (χ0n) is 12.7. The molecule has 0 saturated carbocycles. The Bertz CT molecular complexity index is 622. The fourth-order valence-corrected chi connectivity index (χ4v) is 3.44. The molecule has 1 aliphatic heterocycles. The van der Waals surface area contributed by atoms with Crippen LogP contribution in [0.2, 0.25) is 5.15 Å². The van der Waals surface area contributed by atoms with Gasteiger partial charge in [0.25, 0.3) is 0 Å². The first-order chi connectivity index (χ1) is 10.2. The molecule has 0 radical (unpaired) electrons. The molecule has 0 aromatic carbocycles. The fraction of sp³-hybridized carbons (Fsp3) is 0.667. The van der Waals surface area contributed by atoms with Crippen LogP contribution in [-0.2, 0) is 13.6 Å². The molecular weight excluding hydrogens is 286 g/mol. The number of piperidine rings is 1. The molecule has 3 heterocycles. The number of nitrogens with zero attached hydrogens (tertiary/aromatic N) is 5. The van der Waals surface area contributed by atoms with Gasteiger partial charge in [0.1, 0.15) is 11.0 Å². The van der Waals surface area contributed by atoms with Crippen molar-refractivity contribution in [3.05, 3.63) is 17.2 Å². The molecule has 5 nitrogen and oxygen atoms in total. The molecule has 0 N–H and O–H groups in total. The molecule has 0 amide bonds. The van der Waals surface area contributed by atoms with E-state index in [0.29, 0.717) is 11.2 Å². The summed E-state index contributed by atoms with van der Waals surface area (Å²) in [6.07, 6.45) is 8.09. The summed E-state index contributed by atoms with van der Waals surface area (Å²) < 4.78 is 1.76. The van der Waals surface area contributed by atoms with E-state index in [1.807, 2.05) is 7.05 Å². The Morgan fingerprint density at radius 1 is 1.33 bits per heavy atom. The molecule has 0 spiro atoms. The van der Waals surface area contributed by atoms with Gasteiger partial charge in [0.2, 0.25) is 0 Å². The molecule has 6 heteroatoms. The molecule has 0 bridgehead atoms. The first-order valence-electron chi connectivity index (χ1n) is 7.77. The highest BCUT2D eigenvalue weighted by Gasteiger charge is 2.23. The second-order valence-corrected chi connectivity index (χ2v) is 6.20. The maximum atomic E-state index is 6.27. The minimum atomic E-state index is 0.507. The molecule has 1 atom stereocenters. The third-order valence-corrected chi connectivity index (χ3v) is 4.60. The van der Waals surface area contributed by atoms with E-state index < -0.39 is 0 Å². The van der Waals surface area contributed by atoms with Gasteiger partial charge in [-0.25, -0.2) is 9.97 Å². The lowest BCUT2D eigenvalue weighted by molar-refractivity contribution is 0.128. The summed E-state index contributed by atoms with van der Waals surface area (Å²) in [7, 11) is 1.89. The van der Waals surface area contributed by atoms with Crippen molar-refractivity contribution in [3.63, 3.8) is 0 Å². The standard InChI is InChI=1S/C15H22ClN5/c1-3-6-11-7-4-5-8-21(11)10-13-18-14(16)12-9-17-20(2)15(12)19-13/h9,11H,3-8,10H2,1-2H3. The zero-order valence-corrected chi connectivity index (χ0v) is 13.5. The largest absolute Gasteiger partial charge is 0.293 e. The Balaban J connectivity index is 1.84. The summed E-state index contributed by atoms with van der Waals surface area (Å²) in [6, 6.07) is 0.661. The number of fused-ring (bicyclic) bond motifs is 1. The summed E-state index contributed by atoms with van der Waals surface area (Å²) in [5, 5.41) is 5.54. The second kappa shape index (κ2) is 6.28. The number of rotatable bonds is 4. The Morgan fingerprint density at radius 2 is 2.19 bits per heavy atom. The SMILES string of the molecule is CCCC1CCCCN1Cc1nc(Cl)c2cnn(C)c2n1. The average Bonchev–Trinajstić information content (AvgIpc) is 2.84. The van der Waals surface area contributed by atoms with E-state index in [4.69, 9.17) is 11.6 Å². The van der Waals surface area contributed by atoms with Crippen LogP contribution in [0.1, 0.15) is 44.9 Å². The second-order valence-electron chi connectivity index (χ2n) is 5.84. The lowest BCUT2D eigenvalue weighted by atomic mass is 9.98. The van der Waals surface area contributed by atoms with Crippen LogP contribution >= 0.6 is 11.6 Å². The van der Waals surface area contributed by atoms with Crippen LogP contribution in [0.5, 0.6) is 0 Å². The number of hydrogen-bond donors (Lipinski definition) is 0. The lowest BCUT2D eigenvalue weighted by Crippen LogP contribution is -2.39. The molecule has 114 valence electrons. The number of halogens is 1. The maximum Gasteiger partial charge on any atom is 0.162 e. The van der Waals surface area contributed by atoms with Crippen LogP contribution in [0, 0.1) is 0 Å². The summed E-state index contributed by atoms with van der Waals surface area (Å²) >= 11 is 6.27. The van der Waals surface area contributed by atoms with Gasteiger partial charge in [0.05, 0.1) is 18.1 Å². The lowest BCUT2D eigenvalue weighted by Gasteiger charge is -2.35. The molecule has 3 rings (SSSR count). The third-order valence-electron chi connectivity index (χ3n) is 4.31. The molecule has 1 saturated heterocycles. The van der Waals surface area contributed by atoms with Gasteiger partial charge in [0, 0.05) is 13.1 Å².